The summed E-state index contributed by atoms with van der Waals surface area (Å²) >= 11 is 0. The first-order valence-electron chi connectivity index (χ1n) is 9.56. The molecule has 0 amide bonds. The second-order valence-electron chi connectivity index (χ2n) is 7.51. The summed E-state index contributed by atoms with van der Waals surface area (Å²) in [4.78, 5) is 9.83. The Kier molecular flexibility index (Phi) is 7.63. The van der Waals surface area contributed by atoms with Crippen LogP contribution in [0.1, 0.15) is 46.5 Å². The average Bonchev–Trinajstić information content (AvgIpc) is 2.55. The van der Waals surface area contributed by atoms with Crippen molar-refractivity contribution < 1.29 is 0 Å². The SMILES string of the molecule is CCNC(=NCC(C)N1CCN(C)CC1)NC1CCC(C)CC1. The van der Waals surface area contributed by atoms with Crippen LogP contribution in [0, 0.1) is 5.92 Å². The topological polar surface area (TPSA) is 42.9 Å². The molecular formula is C18H37N5. The summed E-state index contributed by atoms with van der Waals surface area (Å²) in [6.07, 6.45) is 5.24. The van der Waals surface area contributed by atoms with Crippen molar-refractivity contribution in [1.29, 1.82) is 0 Å². The molecule has 0 aromatic carbocycles. The minimum absolute atomic E-state index is 0.519. The molecule has 0 aromatic heterocycles. The summed E-state index contributed by atoms with van der Waals surface area (Å²) in [6, 6.07) is 1.12. The molecule has 0 bridgehead atoms. The number of nitrogens with zero attached hydrogens (tertiary/aromatic N) is 3. The van der Waals surface area contributed by atoms with E-state index in [9.17, 15) is 0 Å². The summed E-state index contributed by atoms with van der Waals surface area (Å²) in [5.41, 5.74) is 0. The lowest BCUT2D eigenvalue weighted by Crippen LogP contribution is -2.49. The van der Waals surface area contributed by atoms with Crippen LogP contribution in [-0.2, 0) is 0 Å². The quantitative estimate of drug-likeness (QED) is 0.598. The maximum Gasteiger partial charge on any atom is 0.191 e. The first kappa shape index (κ1) is 18.5. The third-order valence-corrected chi connectivity index (χ3v) is 5.38. The molecule has 0 radical (unpaired) electrons. The van der Waals surface area contributed by atoms with E-state index in [1.54, 1.807) is 0 Å². The second-order valence-corrected chi connectivity index (χ2v) is 7.51. The van der Waals surface area contributed by atoms with Gasteiger partial charge in [-0.2, -0.15) is 0 Å². The minimum Gasteiger partial charge on any atom is -0.357 e. The summed E-state index contributed by atoms with van der Waals surface area (Å²) in [5.74, 6) is 1.90. The molecule has 1 unspecified atom stereocenters. The van der Waals surface area contributed by atoms with Crippen molar-refractivity contribution in [2.45, 2.75) is 58.5 Å². The van der Waals surface area contributed by atoms with Gasteiger partial charge in [-0.1, -0.05) is 6.92 Å². The Labute approximate surface area is 142 Å². The average molecular weight is 324 g/mol. The Morgan fingerprint density at radius 1 is 1.13 bits per heavy atom. The van der Waals surface area contributed by atoms with Crippen molar-refractivity contribution in [2.24, 2.45) is 10.9 Å². The highest BCUT2D eigenvalue weighted by Crippen LogP contribution is 2.23. The summed E-state index contributed by atoms with van der Waals surface area (Å²) in [6.45, 7) is 13.3. The van der Waals surface area contributed by atoms with Crippen LogP contribution in [0.25, 0.3) is 0 Å². The second kappa shape index (κ2) is 9.48. The number of nitrogens with one attached hydrogen (secondary N) is 2. The molecule has 5 nitrogen and oxygen atoms in total. The molecule has 0 spiro atoms. The molecule has 1 aliphatic carbocycles. The maximum atomic E-state index is 4.86. The summed E-state index contributed by atoms with van der Waals surface area (Å²) < 4.78 is 0. The number of rotatable bonds is 5. The number of piperazine rings is 1. The van der Waals surface area contributed by atoms with Gasteiger partial charge in [0.15, 0.2) is 5.96 Å². The lowest BCUT2D eigenvalue weighted by molar-refractivity contribution is 0.122. The molecule has 1 saturated heterocycles. The Morgan fingerprint density at radius 2 is 1.78 bits per heavy atom. The van der Waals surface area contributed by atoms with Crippen LogP contribution >= 0.6 is 0 Å². The van der Waals surface area contributed by atoms with Crippen molar-refractivity contribution in [3.05, 3.63) is 0 Å². The van der Waals surface area contributed by atoms with Gasteiger partial charge in [-0.15, -0.1) is 0 Å². The minimum atomic E-state index is 0.519. The Morgan fingerprint density at radius 3 is 2.39 bits per heavy atom. The molecule has 5 heteroatoms. The zero-order valence-electron chi connectivity index (χ0n) is 15.6. The number of aliphatic imine (C=N–C) groups is 1. The van der Waals surface area contributed by atoms with Crippen LogP contribution in [0.4, 0.5) is 0 Å². The fourth-order valence-corrected chi connectivity index (χ4v) is 3.52. The van der Waals surface area contributed by atoms with E-state index in [4.69, 9.17) is 4.99 Å². The molecule has 2 rings (SSSR count). The van der Waals surface area contributed by atoms with Crippen molar-refractivity contribution in [1.82, 2.24) is 20.4 Å². The largest absolute Gasteiger partial charge is 0.357 e. The standard InChI is InChI=1S/C18H37N5/c1-5-19-18(21-17-8-6-15(2)7-9-17)20-14-16(3)23-12-10-22(4)11-13-23/h15-17H,5-14H2,1-4H3,(H2,19,20,21). The number of hydrogen-bond donors (Lipinski definition) is 2. The van der Waals surface area contributed by atoms with Crippen LogP contribution in [0.3, 0.4) is 0 Å². The molecule has 2 fully saturated rings. The van der Waals surface area contributed by atoms with Crippen LogP contribution in [-0.4, -0.2) is 74.2 Å². The van der Waals surface area contributed by atoms with Crippen LogP contribution in [0.15, 0.2) is 4.99 Å². The van der Waals surface area contributed by atoms with Crippen molar-refractivity contribution in [3.8, 4) is 0 Å². The highest BCUT2D eigenvalue weighted by atomic mass is 15.3. The summed E-state index contributed by atoms with van der Waals surface area (Å²) in [5, 5.41) is 7.07. The number of hydrogen-bond acceptors (Lipinski definition) is 3. The zero-order valence-corrected chi connectivity index (χ0v) is 15.6. The van der Waals surface area contributed by atoms with Gasteiger partial charge < -0.3 is 15.5 Å². The fourth-order valence-electron chi connectivity index (χ4n) is 3.52. The van der Waals surface area contributed by atoms with E-state index in [1.807, 2.05) is 0 Å². The molecule has 1 saturated carbocycles. The van der Waals surface area contributed by atoms with Crippen LogP contribution < -0.4 is 10.6 Å². The third-order valence-electron chi connectivity index (χ3n) is 5.38. The zero-order chi connectivity index (χ0) is 16.7. The smallest absolute Gasteiger partial charge is 0.191 e. The molecule has 134 valence electrons. The van der Waals surface area contributed by atoms with Gasteiger partial charge in [0.05, 0.1) is 6.54 Å². The first-order chi connectivity index (χ1) is 11.1. The van der Waals surface area contributed by atoms with Crippen molar-refractivity contribution >= 4 is 5.96 Å². The van der Waals surface area contributed by atoms with Gasteiger partial charge in [-0.3, -0.25) is 9.89 Å². The molecule has 1 heterocycles. The molecule has 0 aromatic rings. The van der Waals surface area contributed by atoms with E-state index >= 15 is 0 Å². The van der Waals surface area contributed by atoms with E-state index in [2.05, 4.69) is 48.3 Å². The van der Waals surface area contributed by atoms with E-state index in [-0.39, 0.29) is 0 Å². The van der Waals surface area contributed by atoms with Gasteiger partial charge in [-0.25, -0.2) is 0 Å². The molecule has 23 heavy (non-hydrogen) atoms. The van der Waals surface area contributed by atoms with E-state index in [0.29, 0.717) is 12.1 Å². The third kappa shape index (κ3) is 6.30. The van der Waals surface area contributed by atoms with Crippen LogP contribution in [0.2, 0.25) is 0 Å². The van der Waals surface area contributed by atoms with E-state index in [1.165, 1.54) is 38.8 Å². The predicted octanol–water partition coefficient (Wildman–Crippen LogP) is 1.76. The van der Waals surface area contributed by atoms with Crippen LogP contribution in [0.5, 0.6) is 0 Å². The predicted molar refractivity (Wildman–Crippen MR) is 99.1 cm³/mol. The normalized spacial score (nSPS) is 29.3. The Bertz CT molecular complexity index is 354. The number of likely N-dealkylation sites (N-methyl/N-ethyl adjacent to an activating group) is 1. The van der Waals surface area contributed by atoms with E-state index in [0.717, 1.165) is 38.1 Å². The lowest BCUT2D eigenvalue weighted by atomic mass is 9.87. The van der Waals surface area contributed by atoms with Crippen molar-refractivity contribution in [3.63, 3.8) is 0 Å². The molecule has 2 aliphatic rings. The maximum absolute atomic E-state index is 4.86. The number of guanidine groups is 1. The van der Waals surface area contributed by atoms with Gasteiger partial charge in [0.2, 0.25) is 0 Å². The van der Waals surface area contributed by atoms with Gasteiger partial charge >= 0.3 is 0 Å². The molecule has 1 atom stereocenters. The molecule has 1 aliphatic heterocycles. The van der Waals surface area contributed by atoms with Gasteiger partial charge in [0.25, 0.3) is 0 Å². The highest BCUT2D eigenvalue weighted by Gasteiger charge is 2.20. The fraction of sp³-hybridized carbons (Fsp3) is 0.944. The first-order valence-corrected chi connectivity index (χ1v) is 9.56. The van der Waals surface area contributed by atoms with Gasteiger partial charge in [0.1, 0.15) is 0 Å². The van der Waals surface area contributed by atoms with Crippen molar-refractivity contribution in [2.75, 3.05) is 46.3 Å². The highest BCUT2D eigenvalue weighted by molar-refractivity contribution is 5.80. The lowest BCUT2D eigenvalue weighted by Gasteiger charge is -2.36. The monoisotopic (exact) mass is 323 g/mol. The Hall–Kier alpha value is -0.810. The van der Waals surface area contributed by atoms with Gasteiger partial charge in [0, 0.05) is 44.8 Å². The van der Waals surface area contributed by atoms with Gasteiger partial charge in [-0.05, 0) is 52.5 Å². The molecular weight excluding hydrogens is 286 g/mol. The summed E-state index contributed by atoms with van der Waals surface area (Å²) in [7, 11) is 2.21. The van der Waals surface area contributed by atoms with E-state index < -0.39 is 0 Å². The molecule has 2 N–H and O–H groups in total. The Balaban J connectivity index is 1.80.